The van der Waals surface area contributed by atoms with Crippen molar-refractivity contribution in [3.05, 3.63) is 24.3 Å². The van der Waals surface area contributed by atoms with Gasteiger partial charge in [0.25, 0.3) is 0 Å². The van der Waals surface area contributed by atoms with E-state index in [1.54, 1.807) is 0 Å². The molecule has 0 radical (unpaired) electrons. The van der Waals surface area contributed by atoms with Gasteiger partial charge in [-0.2, -0.15) is 0 Å². The summed E-state index contributed by atoms with van der Waals surface area (Å²) in [5, 5.41) is 0. The smallest absolute Gasteiger partial charge is 0.119 e. The Morgan fingerprint density at radius 3 is 2.40 bits per heavy atom. The van der Waals surface area contributed by atoms with Gasteiger partial charge in [0.15, 0.2) is 0 Å². The van der Waals surface area contributed by atoms with E-state index >= 15 is 0 Å². The van der Waals surface area contributed by atoms with Crippen LogP contribution in [-0.2, 0) is 0 Å². The Kier molecular flexibility index (Phi) is 5.62. The highest BCUT2D eigenvalue weighted by molar-refractivity contribution is 7.99. The molecule has 0 atom stereocenters. The SMILES string of the molecule is CCCCSc1ccc(OC(C)C)cc1. The van der Waals surface area contributed by atoms with Crippen LogP contribution in [0.4, 0.5) is 0 Å². The third-order valence-corrected chi connectivity index (χ3v) is 3.06. The van der Waals surface area contributed by atoms with E-state index in [1.807, 2.05) is 37.7 Å². The third-order valence-electron chi connectivity index (χ3n) is 1.96. The van der Waals surface area contributed by atoms with Gasteiger partial charge in [-0.25, -0.2) is 0 Å². The Morgan fingerprint density at radius 1 is 1.20 bits per heavy atom. The van der Waals surface area contributed by atoms with E-state index < -0.39 is 0 Å². The first-order valence-electron chi connectivity index (χ1n) is 5.62. The minimum absolute atomic E-state index is 0.253. The van der Waals surface area contributed by atoms with E-state index in [4.69, 9.17) is 4.74 Å². The summed E-state index contributed by atoms with van der Waals surface area (Å²) in [7, 11) is 0. The minimum atomic E-state index is 0.253. The third kappa shape index (κ3) is 5.12. The standard InChI is InChI=1S/C13H20OS/c1-4-5-10-15-13-8-6-12(7-9-13)14-11(2)3/h6-9,11H,4-5,10H2,1-3H3. The molecule has 84 valence electrons. The molecule has 1 aromatic carbocycles. The number of thioether (sulfide) groups is 1. The van der Waals surface area contributed by atoms with E-state index in [2.05, 4.69) is 19.1 Å². The molecule has 15 heavy (non-hydrogen) atoms. The Morgan fingerprint density at radius 2 is 1.87 bits per heavy atom. The van der Waals surface area contributed by atoms with Gasteiger partial charge >= 0.3 is 0 Å². The van der Waals surface area contributed by atoms with Gasteiger partial charge < -0.3 is 4.74 Å². The molecule has 0 aromatic heterocycles. The molecule has 0 saturated heterocycles. The first-order valence-corrected chi connectivity index (χ1v) is 6.60. The fourth-order valence-corrected chi connectivity index (χ4v) is 2.22. The van der Waals surface area contributed by atoms with E-state index in [1.165, 1.54) is 23.5 Å². The Hall–Kier alpha value is -0.630. The van der Waals surface area contributed by atoms with Crippen LogP contribution in [0, 0.1) is 0 Å². The summed E-state index contributed by atoms with van der Waals surface area (Å²) in [5.41, 5.74) is 0. The van der Waals surface area contributed by atoms with Gasteiger partial charge in [-0.3, -0.25) is 0 Å². The van der Waals surface area contributed by atoms with Crippen LogP contribution < -0.4 is 4.74 Å². The van der Waals surface area contributed by atoms with Gasteiger partial charge in [-0.05, 0) is 50.3 Å². The summed E-state index contributed by atoms with van der Waals surface area (Å²) in [6.07, 6.45) is 2.81. The van der Waals surface area contributed by atoms with Crippen LogP contribution in [0.5, 0.6) is 5.75 Å². The van der Waals surface area contributed by atoms with Crippen molar-refractivity contribution >= 4 is 11.8 Å². The van der Waals surface area contributed by atoms with Crippen molar-refractivity contribution < 1.29 is 4.74 Å². The van der Waals surface area contributed by atoms with Crippen molar-refractivity contribution in [2.45, 2.75) is 44.6 Å². The molecule has 0 amide bonds. The molecule has 0 aliphatic rings. The van der Waals surface area contributed by atoms with Gasteiger partial charge in [0, 0.05) is 4.90 Å². The molecule has 0 aliphatic heterocycles. The highest BCUT2D eigenvalue weighted by atomic mass is 32.2. The van der Waals surface area contributed by atoms with E-state index in [0.717, 1.165) is 5.75 Å². The van der Waals surface area contributed by atoms with Crippen molar-refractivity contribution in [2.24, 2.45) is 0 Å². The average Bonchev–Trinajstić information content (AvgIpc) is 2.20. The van der Waals surface area contributed by atoms with Crippen LogP contribution in [0.2, 0.25) is 0 Å². The molecule has 0 spiro atoms. The van der Waals surface area contributed by atoms with Crippen molar-refractivity contribution in [2.75, 3.05) is 5.75 Å². The largest absolute Gasteiger partial charge is 0.491 e. The Labute approximate surface area is 97.2 Å². The normalized spacial score (nSPS) is 10.7. The van der Waals surface area contributed by atoms with Crippen molar-refractivity contribution in [3.63, 3.8) is 0 Å². The zero-order valence-corrected chi connectivity index (χ0v) is 10.6. The number of ether oxygens (including phenoxy) is 1. The second-order valence-electron chi connectivity index (χ2n) is 3.84. The summed E-state index contributed by atoms with van der Waals surface area (Å²) in [6, 6.07) is 8.37. The molecule has 0 fully saturated rings. The zero-order chi connectivity index (χ0) is 11.1. The van der Waals surface area contributed by atoms with Gasteiger partial charge in [0.05, 0.1) is 6.10 Å². The second-order valence-corrected chi connectivity index (χ2v) is 5.01. The van der Waals surface area contributed by atoms with Crippen LogP contribution in [0.1, 0.15) is 33.6 Å². The van der Waals surface area contributed by atoms with Crippen LogP contribution in [0.15, 0.2) is 29.2 Å². The van der Waals surface area contributed by atoms with Crippen molar-refractivity contribution in [1.29, 1.82) is 0 Å². The van der Waals surface area contributed by atoms with Gasteiger partial charge in [-0.1, -0.05) is 13.3 Å². The van der Waals surface area contributed by atoms with Crippen molar-refractivity contribution in [1.82, 2.24) is 0 Å². The average molecular weight is 224 g/mol. The number of benzene rings is 1. The number of hydrogen-bond donors (Lipinski definition) is 0. The first-order chi connectivity index (χ1) is 7.22. The van der Waals surface area contributed by atoms with Crippen molar-refractivity contribution in [3.8, 4) is 5.75 Å². The molecule has 1 nitrogen and oxygen atoms in total. The molecule has 1 rings (SSSR count). The maximum absolute atomic E-state index is 5.59. The fourth-order valence-electron chi connectivity index (χ4n) is 1.22. The fraction of sp³-hybridized carbons (Fsp3) is 0.538. The predicted octanol–water partition coefficient (Wildman–Crippen LogP) is 4.37. The lowest BCUT2D eigenvalue weighted by molar-refractivity contribution is 0.242. The summed E-state index contributed by atoms with van der Waals surface area (Å²) >= 11 is 1.92. The molecule has 2 heteroatoms. The summed E-state index contributed by atoms with van der Waals surface area (Å²) < 4.78 is 5.59. The van der Waals surface area contributed by atoms with Gasteiger partial charge in [0.1, 0.15) is 5.75 Å². The molecule has 0 unspecified atom stereocenters. The van der Waals surface area contributed by atoms with Crippen LogP contribution in [-0.4, -0.2) is 11.9 Å². The lowest BCUT2D eigenvalue weighted by Gasteiger charge is -2.09. The molecular weight excluding hydrogens is 204 g/mol. The van der Waals surface area contributed by atoms with Gasteiger partial charge in [0.2, 0.25) is 0 Å². The molecule has 0 aliphatic carbocycles. The maximum atomic E-state index is 5.59. The summed E-state index contributed by atoms with van der Waals surface area (Å²) in [5.74, 6) is 2.17. The Balaban J connectivity index is 2.42. The first kappa shape index (κ1) is 12.4. The van der Waals surface area contributed by atoms with E-state index in [9.17, 15) is 0 Å². The molecule has 0 N–H and O–H groups in total. The minimum Gasteiger partial charge on any atom is -0.491 e. The monoisotopic (exact) mass is 224 g/mol. The number of hydrogen-bond acceptors (Lipinski definition) is 2. The number of unbranched alkanes of at least 4 members (excludes halogenated alkanes) is 1. The topological polar surface area (TPSA) is 9.23 Å². The molecule has 0 bridgehead atoms. The Bertz CT molecular complexity index is 266. The predicted molar refractivity (Wildman–Crippen MR) is 67.8 cm³/mol. The van der Waals surface area contributed by atoms with Crippen LogP contribution in [0.3, 0.4) is 0 Å². The summed E-state index contributed by atoms with van der Waals surface area (Å²) in [6.45, 7) is 6.31. The highest BCUT2D eigenvalue weighted by Crippen LogP contribution is 2.22. The second kappa shape index (κ2) is 6.78. The molecule has 0 heterocycles. The molecule has 0 saturated carbocycles. The van der Waals surface area contributed by atoms with E-state index in [-0.39, 0.29) is 6.10 Å². The summed E-state index contributed by atoms with van der Waals surface area (Å²) in [4.78, 5) is 1.33. The zero-order valence-electron chi connectivity index (χ0n) is 9.82. The lowest BCUT2D eigenvalue weighted by Crippen LogP contribution is -2.05. The van der Waals surface area contributed by atoms with Crippen LogP contribution >= 0.6 is 11.8 Å². The van der Waals surface area contributed by atoms with E-state index in [0.29, 0.717) is 0 Å². The van der Waals surface area contributed by atoms with Crippen LogP contribution in [0.25, 0.3) is 0 Å². The highest BCUT2D eigenvalue weighted by Gasteiger charge is 1.98. The quantitative estimate of drug-likeness (QED) is 0.524. The number of rotatable bonds is 6. The molecule has 1 aromatic rings. The lowest BCUT2D eigenvalue weighted by atomic mass is 10.3. The van der Waals surface area contributed by atoms with Gasteiger partial charge in [-0.15, -0.1) is 11.8 Å². The molecular formula is C13H20OS. The maximum Gasteiger partial charge on any atom is 0.119 e.